The Morgan fingerprint density at radius 2 is 1.94 bits per heavy atom. The third-order valence-electron chi connectivity index (χ3n) is 4.71. The van der Waals surface area contributed by atoms with Crippen LogP contribution in [0.3, 0.4) is 0 Å². The van der Waals surface area contributed by atoms with Crippen LogP contribution in [0.1, 0.15) is 33.3 Å². The Bertz CT molecular complexity index is 1250. The first kappa shape index (κ1) is 21.5. The number of primary amides is 2. The van der Waals surface area contributed by atoms with Crippen LogP contribution < -0.4 is 11.5 Å². The molecule has 5 N–H and O–H groups in total. The molecule has 0 saturated heterocycles. The largest absolute Gasteiger partial charge is 0.372 e. The molecule has 1 unspecified atom stereocenters. The lowest BCUT2D eigenvalue weighted by Gasteiger charge is -2.15. The van der Waals surface area contributed by atoms with Gasteiger partial charge in [-0.25, -0.2) is 4.98 Å². The summed E-state index contributed by atoms with van der Waals surface area (Å²) in [5.74, 6) is 3.83. The van der Waals surface area contributed by atoms with Crippen molar-refractivity contribution in [2.75, 3.05) is 13.6 Å². The number of nitrogens with two attached hydrogens (primary N) is 2. The van der Waals surface area contributed by atoms with E-state index in [0.717, 1.165) is 0 Å². The molecule has 31 heavy (non-hydrogen) atoms. The van der Waals surface area contributed by atoms with Crippen molar-refractivity contribution < 1.29 is 19.5 Å². The second-order valence-corrected chi connectivity index (χ2v) is 6.79. The van der Waals surface area contributed by atoms with Crippen LogP contribution in [0.25, 0.3) is 16.9 Å². The highest BCUT2D eigenvalue weighted by molar-refractivity contribution is 6.00. The highest BCUT2D eigenvalue weighted by atomic mass is 16.3. The van der Waals surface area contributed by atoms with E-state index in [4.69, 9.17) is 11.5 Å². The molecule has 9 heteroatoms. The number of fused-ring (bicyclic) bond motifs is 1. The fourth-order valence-electron chi connectivity index (χ4n) is 2.93. The van der Waals surface area contributed by atoms with Gasteiger partial charge in [0.05, 0.1) is 11.1 Å². The maximum Gasteiger partial charge on any atom is 0.269 e. The van der Waals surface area contributed by atoms with Crippen molar-refractivity contribution in [3.8, 4) is 23.2 Å². The molecule has 3 rings (SSSR count). The van der Waals surface area contributed by atoms with Crippen LogP contribution in [-0.2, 0) is 4.79 Å². The molecule has 1 atom stereocenters. The molecule has 3 aromatic rings. The van der Waals surface area contributed by atoms with Crippen molar-refractivity contribution in [2.24, 2.45) is 11.5 Å². The summed E-state index contributed by atoms with van der Waals surface area (Å²) >= 11 is 0. The fraction of sp³-hybridized carbons (Fsp3) is 0.182. The van der Waals surface area contributed by atoms with Gasteiger partial charge in [-0.15, -0.1) is 0 Å². The summed E-state index contributed by atoms with van der Waals surface area (Å²) in [5.41, 5.74) is 12.6. The predicted octanol–water partition coefficient (Wildman–Crippen LogP) is 0.390. The molecular weight excluding hydrogens is 398 g/mol. The third kappa shape index (κ3) is 4.39. The molecule has 1 aromatic carbocycles. The number of likely N-dealkylation sites (N-methyl/N-ethyl adjacent to an activating group) is 1. The van der Waals surface area contributed by atoms with Crippen molar-refractivity contribution in [3.63, 3.8) is 0 Å². The highest BCUT2D eigenvalue weighted by Crippen LogP contribution is 2.24. The van der Waals surface area contributed by atoms with Gasteiger partial charge in [0.1, 0.15) is 5.82 Å². The fourth-order valence-corrected chi connectivity index (χ4v) is 2.93. The van der Waals surface area contributed by atoms with Crippen LogP contribution in [0.5, 0.6) is 0 Å². The van der Waals surface area contributed by atoms with Crippen LogP contribution in [0.2, 0.25) is 0 Å². The number of aromatic nitrogens is 2. The Labute approximate surface area is 178 Å². The van der Waals surface area contributed by atoms with Crippen LogP contribution in [0.15, 0.2) is 42.6 Å². The molecule has 0 radical (unpaired) electrons. The molecular formula is C22H21N5O4. The van der Waals surface area contributed by atoms with Crippen molar-refractivity contribution in [2.45, 2.75) is 13.0 Å². The number of rotatable bonds is 5. The van der Waals surface area contributed by atoms with Gasteiger partial charge in [0.15, 0.2) is 11.8 Å². The Hall–Kier alpha value is -4.16. The van der Waals surface area contributed by atoms with Crippen LogP contribution in [0.4, 0.5) is 0 Å². The number of carbonyl (C=O) groups is 3. The average molecular weight is 419 g/mol. The van der Waals surface area contributed by atoms with E-state index >= 15 is 0 Å². The Morgan fingerprint density at radius 1 is 1.19 bits per heavy atom. The molecule has 0 fully saturated rings. The normalized spacial score (nSPS) is 11.5. The molecule has 0 saturated carbocycles. The summed E-state index contributed by atoms with van der Waals surface area (Å²) in [6, 6.07) is 9.89. The second kappa shape index (κ2) is 8.69. The van der Waals surface area contributed by atoms with E-state index in [0.29, 0.717) is 29.0 Å². The van der Waals surface area contributed by atoms with Crippen molar-refractivity contribution in [1.82, 2.24) is 14.3 Å². The van der Waals surface area contributed by atoms with E-state index in [-0.39, 0.29) is 11.3 Å². The summed E-state index contributed by atoms with van der Waals surface area (Å²) in [4.78, 5) is 41.1. The number of carbonyl (C=O) groups excluding carboxylic acids is 3. The van der Waals surface area contributed by atoms with E-state index in [1.54, 1.807) is 48.7 Å². The number of aliphatic hydroxyl groups is 1. The average Bonchev–Trinajstić information content (AvgIpc) is 3.15. The van der Waals surface area contributed by atoms with E-state index in [9.17, 15) is 19.5 Å². The lowest BCUT2D eigenvalue weighted by molar-refractivity contribution is -0.135. The van der Waals surface area contributed by atoms with Crippen LogP contribution >= 0.6 is 0 Å². The summed E-state index contributed by atoms with van der Waals surface area (Å²) in [7, 11) is 1.58. The summed E-state index contributed by atoms with van der Waals surface area (Å²) in [6.45, 7) is 2.25. The molecule has 0 aliphatic carbocycles. The molecule has 2 heterocycles. The van der Waals surface area contributed by atoms with E-state index in [1.165, 1.54) is 17.2 Å². The van der Waals surface area contributed by atoms with Crippen molar-refractivity contribution in [1.29, 1.82) is 0 Å². The smallest absolute Gasteiger partial charge is 0.269 e. The van der Waals surface area contributed by atoms with Gasteiger partial charge in [-0.3, -0.25) is 18.8 Å². The van der Waals surface area contributed by atoms with Gasteiger partial charge in [-0.1, -0.05) is 24.0 Å². The van der Waals surface area contributed by atoms with Gasteiger partial charge >= 0.3 is 0 Å². The standard InChI is InChI=1S/C22H21N5O4/c1-3-26(2)22(31)17(28)10-7-13-5-4-6-14(11-13)21-25-18(20(24)30)16-9-8-15(19(23)29)12-27(16)21/h4-6,8-9,11-12,17,28H,3H2,1-2H3,(H2,23,29)(H2,24,30). The monoisotopic (exact) mass is 419 g/mol. The molecule has 158 valence electrons. The topological polar surface area (TPSA) is 144 Å². The quantitative estimate of drug-likeness (QED) is 0.513. The number of benzene rings is 1. The Balaban J connectivity index is 2.06. The number of imidazole rings is 1. The number of amides is 3. The van der Waals surface area contributed by atoms with E-state index in [2.05, 4.69) is 16.8 Å². The molecule has 0 bridgehead atoms. The number of pyridine rings is 1. The summed E-state index contributed by atoms with van der Waals surface area (Å²) in [6.07, 6.45) is 0.0359. The maximum atomic E-state index is 12.0. The Morgan fingerprint density at radius 3 is 2.58 bits per heavy atom. The van der Waals surface area contributed by atoms with Gasteiger partial charge < -0.3 is 21.5 Å². The van der Waals surface area contributed by atoms with Crippen LogP contribution in [0, 0.1) is 11.8 Å². The van der Waals surface area contributed by atoms with Gasteiger partial charge in [0, 0.05) is 30.9 Å². The molecule has 2 aromatic heterocycles. The lowest BCUT2D eigenvalue weighted by Crippen LogP contribution is -2.35. The second-order valence-electron chi connectivity index (χ2n) is 6.79. The molecule has 9 nitrogen and oxygen atoms in total. The first-order chi connectivity index (χ1) is 14.7. The molecule has 0 aliphatic heterocycles. The third-order valence-corrected chi connectivity index (χ3v) is 4.71. The first-order valence-electron chi connectivity index (χ1n) is 9.39. The highest BCUT2D eigenvalue weighted by Gasteiger charge is 2.18. The van der Waals surface area contributed by atoms with Crippen LogP contribution in [-0.4, -0.2) is 56.8 Å². The first-order valence-corrected chi connectivity index (χ1v) is 9.39. The van der Waals surface area contributed by atoms with E-state index in [1.807, 2.05) is 0 Å². The van der Waals surface area contributed by atoms with Gasteiger partial charge in [-0.2, -0.15) is 0 Å². The van der Waals surface area contributed by atoms with Gasteiger partial charge in [0.25, 0.3) is 11.8 Å². The number of nitrogens with zero attached hydrogens (tertiary/aromatic N) is 3. The summed E-state index contributed by atoms with van der Waals surface area (Å²) < 4.78 is 1.56. The number of hydrogen-bond donors (Lipinski definition) is 3. The minimum absolute atomic E-state index is 0.0473. The number of aliphatic hydroxyl groups excluding tert-OH is 1. The zero-order chi connectivity index (χ0) is 22.7. The van der Waals surface area contributed by atoms with Crippen molar-refractivity contribution >= 4 is 23.2 Å². The zero-order valence-corrected chi connectivity index (χ0v) is 17.0. The molecule has 0 aliphatic rings. The molecule has 0 spiro atoms. The van der Waals surface area contributed by atoms with E-state index < -0.39 is 23.8 Å². The molecule has 3 amide bonds. The predicted molar refractivity (Wildman–Crippen MR) is 114 cm³/mol. The minimum atomic E-state index is -1.44. The SMILES string of the molecule is CCN(C)C(=O)C(O)C#Cc1cccc(-c2nc(C(N)=O)c3ccc(C(N)=O)cn23)c1. The minimum Gasteiger partial charge on any atom is -0.372 e. The van der Waals surface area contributed by atoms with Gasteiger partial charge in [0.2, 0.25) is 5.91 Å². The maximum absolute atomic E-state index is 12.0. The van der Waals surface area contributed by atoms with Crippen molar-refractivity contribution in [3.05, 3.63) is 59.4 Å². The number of hydrogen-bond acceptors (Lipinski definition) is 5. The lowest BCUT2D eigenvalue weighted by atomic mass is 10.1. The van der Waals surface area contributed by atoms with Gasteiger partial charge in [-0.05, 0) is 31.2 Å². The Kier molecular flexibility index (Phi) is 6.04. The summed E-state index contributed by atoms with van der Waals surface area (Å²) in [5, 5.41) is 9.98. The zero-order valence-electron chi connectivity index (χ0n) is 17.0.